The van der Waals surface area contributed by atoms with Gasteiger partial charge in [0.15, 0.2) is 0 Å². The molecule has 3 aromatic rings. The summed E-state index contributed by atoms with van der Waals surface area (Å²) in [6, 6.07) is 12.9. The van der Waals surface area contributed by atoms with Gasteiger partial charge in [0.1, 0.15) is 5.82 Å². The van der Waals surface area contributed by atoms with Crippen LogP contribution in [0, 0.1) is 19.3 Å². The Hall–Kier alpha value is -3.59. The minimum absolute atomic E-state index is 0.103. The fourth-order valence-corrected chi connectivity index (χ4v) is 3.06. The molecule has 0 aliphatic heterocycles. The van der Waals surface area contributed by atoms with Gasteiger partial charge >= 0.3 is 0 Å². The number of benzene rings is 2. The van der Waals surface area contributed by atoms with Gasteiger partial charge in [0.2, 0.25) is 0 Å². The fourth-order valence-electron chi connectivity index (χ4n) is 3.06. The molecule has 0 saturated carbocycles. The third kappa shape index (κ3) is 4.21. The monoisotopic (exact) mass is 374 g/mol. The lowest BCUT2D eigenvalue weighted by atomic mass is 10.1. The number of anilines is 1. The van der Waals surface area contributed by atoms with Gasteiger partial charge in [-0.25, -0.2) is 4.98 Å². The van der Waals surface area contributed by atoms with E-state index in [9.17, 15) is 9.59 Å². The molecule has 3 rings (SSSR count). The Kier molecular flexibility index (Phi) is 5.75. The van der Waals surface area contributed by atoms with E-state index in [2.05, 4.69) is 21.2 Å². The number of hydrogen-bond donors (Lipinski definition) is 2. The number of aromatic amines is 1. The summed E-state index contributed by atoms with van der Waals surface area (Å²) in [4.78, 5) is 33.2. The van der Waals surface area contributed by atoms with Crippen LogP contribution in [0.25, 0.3) is 10.9 Å². The van der Waals surface area contributed by atoms with Crippen molar-refractivity contribution in [3.05, 3.63) is 69.8 Å². The highest BCUT2D eigenvalue weighted by Crippen LogP contribution is 2.19. The number of aromatic nitrogens is 2. The van der Waals surface area contributed by atoms with Crippen molar-refractivity contribution in [1.82, 2.24) is 15.3 Å². The average Bonchev–Trinajstić information content (AvgIpc) is 2.68. The number of terminal acetylenes is 1. The van der Waals surface area contributed by atoms with Crippen molar-refractivity contribution in [1.29, 1.82) is 0 Å². The van der Waals surface area contributed by atoms with Crippen LogP contribution < -0.4 is 15.8 Å². The maximum Gasteiger partial charge on any atom is 0.258 e. The van der Waals surface area contributed by atoms with E-state index in [4.69, 9.17) is 6.42 Å². The highest BCUT2D eigenvalue weighted by molar-refractivity contribution is 5.94. The van der Waals surface area contributed by atoms with Crippen molar-refractivity contribution >= 4 is 22.5 Å². The zero-order valence-electron chi connectivity index (χ0n) is 16.0. The predicted octanol–water partition coefficient (Wildman–Crippen LogP) is 2.62. The molecule has 0 atom stereocenters. The van der Waals surface area contributed by atoms with Crippen molar-refractivity contribution in [2.24, 2.45) is 0 Å². The van der Waals surface area contributed by atoms with Crippen molar-refractivity contribution in [2.45, 2.75) is 20.4 Å². The first-order valence-electron chi connectivity index (χ1n) is 9.08. The number of nitrogens with one attached hydrogen (secondary N) is 2. The molecule has 2 N–H and O–H groups in total. The molecule has 6 heteroatoms. The Morgan fingerprint density at radius 2 is 2.00 bits per heavy atom. The first kappa shape index (κ1) is 19.2. The molecular weight excluding hydrogens is 352 g/mol. The topological polar surface area (TPSA) is 78.1 Å². The molecule has 0 aliphatic carbocycles. The number of hydrogen-bond acceptors (Lipinski definition) is 4. The maximum absolute atomic E-state index is 12.2. The summed E-state index contributed by atoms with van der Waals surface area (Å²) in [6.45, 7) is 5.16. The van der Waals surface area contributed by atoms with E-state index in [0.717, 1.165) is 11.3 Å². The molecular formula is C22H22N4O2. The first-order valence-corrected chi connectivity index (χ1v) is 9.08. The Labute approximate surface area is 163 Å². The molecule has 0 bridgehead atoms. The first-order chi connectivity index (χ1) is 13.5. The molecule has 1 amide bonds. The second-order valence-corrected chi connectivity index (χ2v) is 6.47. The van der Waals surface area contributed by atoms with E-state index >= 15 is 0 Å². The molecule has 0 saturated heterocycles. The predicted molar refractivity (Wildman–Crippen MR) is 111 cm³/mol. The van der Waals surface area contributed by atoms with Crippen LogP contribution in [0.2, 0.25) is 0 Å². The minimum atomic E-state index is -0.154. The Morgan fingerprint density at radius 3 is 2.68 bits per heavy atom. The Bertz CT molecular complexity index is 1090. The van der Waals surface area contributed by atoms with E-state index in [1.54, 1.807) is 19.1 Å². The maximum atomic E-state index is 12.2. The number of H-pyrrole nitrogens is 1. The lowest BCUT2D eigenvalue weighted by Gasteiger charge is -2.23. The molecule has 0 aliphatic rings. The lowest BCUT2D eigenvalue weighted by molar-refractivity contribution is 0.0956. The van der Waals surface area contributed by atoms with E-state index in [-0.39, 0.29) is 11.5 Å². The minimum Gasteiger partial charge on any atom is -0.356 e. The Morgan fingerprint density at radius 1 is 1.25 bits per heavy atom. The molecule has 0 unspecified atom stereocenters. The third-order valence-electron chi connectivity index (χ3n) is 4.38. The summed E-state index contributed by atoms with van der Waals surface area (Å²) in [5, 5.41) is 3.33. The molecule has 6 nitrogen and oxygen atoms in total. The van der Waals surface area contributed by atoms with Gasteiger partial charge in [0.05, 0.1) is 17.4 Å². The summed E-state index contributed by atoms with van der Waals surface area (Å²) < 4.78 is 0. The summed E-state index contributed by atoms with van der Waals surface area (Å²) in [7, 11) is 0. The quantitative estimate of drug-likeness (QED) is 0.650. The summed E-state index contributed by atoms with van der Waals surface area (Å²) >= 11 is 0. The summed E-state index contributed by atoms with van der Waals surface area (Å²) in [6.07, 6.45) is 5.55. The van der Waals surface area contributed by atoms with Crippen molar-refractivity contribution in [3.63, 3.8) is 0 Å². The largest absolute Gasteiger partial charge is 0.356 e. The number of nitrogens with zero attached hydrogens (tertiary/aromatic N) is 2. The third-order valence-corrected chi connectivity index (χ3v) is 4.38. The fraction of sp³-hybridized carbons (Fsp3) is 0.227. The smallest absolute Gasteiger partial charge is 0.258 e. The van der Waals surface area contributed by atoms with Crippen molar-refractivity contribution in [3.8, 4) is 12.3 Å². The highest BCUT2D eigenvalue weighted by atomic mass is 16.1. The van der Waals surface area contributed by atoms with Crippen LogP contribution in [0.5, 0.6) is 0 Å². The number of amides is 1. The van der Waals surface area contributed by atoms with E-state index in [0.29, 0.717) is 41.9 Å². The number of fused-ring (bicyclic) bond motifs is 1. The van der Waals surface area contributed by atoms with E-state index < -0.39 is 0 Å². The van der Waals surface area contributed by atoms with E-state index in [1.165, 1.54) is 0 Å². The van der Waals surface area contributed by atoms with Crippen LogP contribution in [0.15, 0.2) is 47.3 Å². The summed E-state index contributed by atoms with van der Waals surface area (Å²) in [5.41, 5.74) is 2.97. The van der Waals surface area contributed by atoms with Gasteiger partial charge < -0.3 is 15.2 Å². The second kappa shape index (κ2) is 8.40. The molecule has 1 heterocycles. The normalized spacial score (nSPS) is 10.5. The molecule has 28 heavy (non-hydrogen) atoms. The zero-order chi connectivity index (χ0) is 20.1. The van der Waals surface area contributed by atoms with Gasteiger partial charge in [0, 0.05) is 24.3 Å². The van der Waals surface area contributed by atoms with Crippen LogP contribution >= 0.6 is 0 Å². The van der Waals surface area contributed by atoms with E-state index in [1.807, 2.05) is 42.2 Å². The van der Waals surface area contributed by atoms with Gasteiger partial charge in [-0.05, 0) is 55.8 Å². The lowest BCUT2D eigenvalue weighted by Crippen LogP contribution is -2.24. The highest BCUT2D eigenvalue weighted by Gasteiger charge is 2.10. The van der Waals surface area contributed by atoms with Crippen LogP contribution in [-0.4, -0.2) is 29.0 Å². The van der Waals surface area contributed by atoms with Gasteiger partial charge in [-0.2, -0.15) is 0 Å². The molecule has 2 aromatic carbocycles. The van der Waals surface area contributed by atoms with Gasteiger partial charge in [-0.3, -0.25) is 9.59 Å². The van der Waals surface area contributed by atoms with Crippen LogP contribution in [0.4, 0.5) is 5.69 Å². The van der Waals surface area contributed by atoms with Gasteiger partial charge in [-0.15, -0.1) is 6.42 Å². The van der Waals surface area contributed by atoms with Crippen molar-refractivity contribution < 1.29 is 4.79 Å². The van der Waals surface area contributed by atoms with Crippen LogP contribution in [-0.2, 0) is 6.54 Å². The molecule has 142 valence electrons. The summed E-state index contributed by atoms with van der Waals surface area (Å²) in [5.74, 6) is 3.15. The molecule has 0 fully saturated rings. The number of carbonyl (C=O) groups is 1. The van der Waals surface area contributed by atoms with Crippen molar-refractivity contribution in [2.75, 3.05) is 18.0 Å². The average molecular weight is 374 g/mol. The Balaban J connectivity index is 1.87. The van der Waals surface area contributed by atoms with Crippen LogP contribution in [0.1, 0.15) is 28.7 Å². The number of carbonyl (C=O) groups excluding carboxylic acids is 1. The molecule has 0 radical (unpaired) electrons. The SMILES string of the molecule is C#CCN(Cc1ccc2nc(C)[nH]c(=O)c2c1)c1ccc(C(=O)NCC)cc1. The van der Waals surface area contributed by atoms with Gasteiger partial charge in [-0.1, -0.05) is 12.0 Å². The molecule has 0 spiro atoms. The zero-order valence-corrected chi connectivity index (χ0v) is 16.0. The molecule has 1 aromatic heterocycles. The second-order valence-electron chi connectivity index (χ2n) is 6.47. The van der Waals surface area contributed by atoms with Gasteiger partial charge in [0.25, 0.3) is 11.5 Å². The van der Waals surface area contributed by atoms with Crippen LogP contribution in [0.3, 0.4) is 0 Å². The number of rotatable bonds is 6. The standard InChI is InChI=1S/C22H22N4O2/c1-4-12-26(18-9-7-17(8-10-18)21(27)23-5-2)14-16-6-11-20-19(13-16)22(28)25-15(3)24-20/h1,6-11,13H,5,12,14H2,2-3H3,(H,23,27)(H,24,25,28). The number of aryl methyl sites for hydroxylation is 1.